The van der Waals surface area contributed by atoms with Crippen LogP contribution >= 0.6 is 0 Å². The maximum Gasteiger partial charge on any atom is 0.274 e. The van der Waals surface area contributed by atoms with E-state index < -0.39 is 0 Å². The van der Waals surface area contributed by atoms with Crippen LogP contribution in [-0.4, -0.2) is 48.0 Å². The molecule has 0 spiro atoms. The number of hydrogen-bond acceptors (Lipinski definition) is 5. The Labute approximate surface area is 143 Å². The van der Waals surface area contributed by atoms with Gasteiger partial charge in [-0.25, -0.2) is 9.97 Å². The second-order valence-electron chi connectivity index (χ2n) is 6.05. The van der Waals surface area contributed by atoms with Gasteiger partial charge in [0.05, 0.1) is 0 Å². The molecule has 128 valence electrons. The summed E-state index contributed by atoms with van der Waals surface area (Å²) in [6.45, 7) is 5.76. The molecule has 1 aromatic heterocycles. The minimum Gasteiger partial charge on any atom is -0.354 e. The first-order valence-electron chi connectivity index (χ1n) is 8.06. The number of carbonyl (C=O) groups excluding carboxylic acids is 1. The second kappa shape index (κ2) is 8.40. The maximum atomic E-state index is 12.4. The molecule has 0 radical (unpaired) electrons. The summed E-state index contributed by atoms with van der Waals surface area (Å²) in [5.41, 5.74) is 3.35. The number of amides is 1. The molecule has 0 saturated heterocycles. The van der Waals surface area contributed by atoms with E-state index in [0.717, 1.165) is 36.3 Å². The zero-order valence-corrected chi connectivity index (χ0v) is 14.8. The lowest BCUT2D eigenvalue weighted by Crippen LogP contribution is -2.18. The summed E-state index contributed by atoms with van der Waals surface area (Å²) in [7, 11) is 4.07. The molecule has 0 saturated carbocycles. The number of aryl methyl sites for hydroxylation is 1. The van der Waals surface area contributed by atoms with Crippen LogP contribution in [0.25, 0.3) is 0 Å². The lowest BCUT2D eigenvalue weighted by atomic mass is 10.1. The first kappa shape index (κ1) is 17.9. The molecule has 0 aliphatic rings. The summed E-state index contributed by atoms with van der Waals surface area (Å²) in [6.07, 6.45) is 2.58. The van der Waals surface area contributed by atoms with E-state index in [9.17, 15) is 4.79 Å². The third-order valence-corrected chi connectivity index (χ3v) is 3.81. The van der Waals surface area contributed by atoms with Gasteiger partial charge in [0.15, 0.2) is 0 Å². The van der Waals surface area contributed by atoms with Crippen molar-refractivity contribution in [3.63, 3.8) is 0 Å². The minimum absolute atomic E-state index is 0.234. The van der Waals surface area contributed by atoms with Gasteiger partial charge in [-0.1, -0.05) is 12.1 Å². The van der Waals surface area contributed by atoms with E-state index in [-0.39, 0.29) is 5.91 Å². The van der Waals surface area contributed by atoms with Crippen molar-refractivity contribution >= 4 is 17.5 Å². The summed E-state index contributed by atoms with van der Waals surface area (Å²) < 4.78 is 0. The van der Waals surface area contributed by atoms with Crippen molar-refractivity contribution in [1.29, 1.82) is 0 Å². The van der Waals surface area contributed by atoms with E-state index in [4.69, 9.17) is 0 Å². The van der Waals surface area contributed by atoms with Gasteiger partial charge in [0, 0.05) is 18.4 Å². The molecule has 0 unspecified atom stereocenters. The molecule has 1 aromatic carbocycles. The van der Waals surface area contributed by atoms with E-state index >= 15 is 0 Å². The Morgan fingerprint density at radius 2 is 2.00 bits per heavy atom. The van der Waals surface area contributed by atoms with Gasteiger partial charge >= 0.3 is 0 Å². The Bertz CT molecular complexity index is 700. The molecule has 2 rings (SSSR count). The Balaban J connectivity index is 1.99. The topological polar surface area (TPSA) is 70.2 Å². The van der Waals surface area contributed by atoms with Gasteiger partial charge in [-0.3, -0.25) is 4.79 Å². The Kier molecular flexibility index (Phi) is 6.26. The zero-order valence-electron chi connectivity index (χ0n) is 14.8. The number of benzene rings is 1. The van der Waals surface area contributed by atoms with Crippen molar-refractivity contribution in [1.82, 2.24) is 14.9 Å². The molecule has 1 amide bonds. The predicted octanol–water partition coefficient (Wildman–Crippen LogP) is 2.71. The average molecular weight is 327 g/mol. The van der Waals surface area contributed by atoms with Crippen LogP contribution in [0.4, 0.5) is 11.6 Å². The van der Waals surface area contributed by atoms with E-state index in [0.29, 0.717) is 11.6 Å². The molecule has 0 aliphatic heterocycles. The quantitative estimate of drug-likeness (QED) is 0.765. The summed E-state index contributed by atoms with van der Waals surface area (Å²) in [5.74, 6) is 0.241. The van der Waals surface area contributed by atoms with Crippen LogP contribution in [0.5, 0.6) is 0 Å². The fourth-order valence-corrected chi connectivity index (χ4v) is 2.24. The highest BCUT2D eigenvalue weighted by molar-refractivity contribution is 6.03. The van der Waals surface area contributed by atoms with E-state index in [2.05, 4.69) is 25.5 Å². The van der Waals surface area contributed by atoms with Crippen LogP contribution in [-0.2, 0) is 0 Å². The average Bonchev–Trinajstić information content (AvgIpc) is 2.56. The van der Waals surface area contributed by atoms with Crippen LogP contribution in [0.1, 0.15) is 28.0 Å². The molecule has 24 heavy (non-hydrogen) atoms. The number of carbonyl (C=O) groups is 1. The van der Waals surface area contributed by atoms with Gasteiger partial charge < -0.3 is 15.5 Å². The first-order valence-corrected chi connectivity index (χ1v) is 8.06. The predicted molar refractivity (Wildman–Crippen MR) is 97.6 cm³/mol. The van der Waals surface area contributed by atoms with Crippen molar-refractivity contribution in [3.8, 4) is 0 Å². The lowest BCUT2D eigenvalue weighted by molar-refractivity contribution is 0.102. The standard InChI is InChI=1S/C18H25N5O/c1-13-7-5-8-15(14(13)2)21-17(24)16-9-11-20-18(22-16)19-10-6-12-23(3)4/h5,7-9,11H,6,10,12H2,1-4H3,(H,21,24)(H,19,20,22). The number of rotatable bonds is 7. The Morgan fingerprint density at radius 3 is 2.75 bits per heavy atom. The number of aromatic nitrogens is 2. The monoisotopic (exact) mass is 327 g/mol. The summed E-state index contributed by atoms with van der Waals surface area (Å²) >= 11 is 0. The molecular formula is C18H25N5O. The van der Waals surface area contributed by atoms with Gasteiger partial charge in [-0.05, 0) is 64.2 Å². The third kappa shape index (κ3) is 5.03. The van der Waals surface area contributed by atoms with Crippen molar-refractivity contribution in [2.45, 2.75) is 20.3 Å². The fraction of sp³-hybridized carbons (Fsp3) is 0.389. The van der Waals surface area contributed by atoms with Crippen LogP contribution in [0, 0.1) is 13.8 Å². The normalized spacial score (nSPS) is 10.7. The van der Waals surface area contributed by atoms with E-state index in [1.165, 1.54) is 0 Å². The van der Waals surface area contributed by atoms with E-state index in [1.807, 2.05) is 46.1 Å². The van der Waals surface area contributed by atoms with Gasteiger partial charge in [0.25, 0.3) is 5.91 Å². The number of nitrogens with one attached hydrogen (secondary N) is 2. The van der Waals surface area contributed by atoms with Crippen molar-refractivity contribution < 1.29 is 4.79 Å². The largest absolute Gasteiger partial charge is 0.354 e. The van der Waals surface area contributed by atoms with Crippen molar-refractivity contribution in [2.24, 2.45) is 0 Å². The highest BCUT2D eigenvalue weighted by atomic mass is 16.1. The molecule has 2 N–H and O–H groups in total. The van der Waals surface area contributed by atoms with Crippen LogP contribution < -0.4 is 10.6 Å². The smallest absolute Gasteiger partial charge is 0.274 e. The van der Waals surface area contributed by atoms with Gasteiger partial charge in [0.2, 0.25) is 5.95 Å². The maximum absolute atomic E-state index is 12.4. The summed E-state index contributed by atoms with van der Waals surface area (Å²) in [4.78, 5) is 23.0. The Hall–Kier alpha value is -2.47. The van der Waals surface area contributed by atoms with E-state index in [1.54, 1.807) is 12.3 Å². The number of nitrogens with zero attached hydrogens (tertiary/aromatic N) is 3. The Morgan fingerprint density at radius 1 is 1.21 bits per heavy atom. The molecule has 6 nitrogen and oxygen atoms in total. The molecule has 0 aliphatic carbocycles. The highest BCUT2D eigenvalue weighted by Crippen LogP contribution is 2.18. The van der Waals surface area contributed by atoms with Gasteiger partial charge in [-0.15, -0.1) is 0 Å². The first-order chi connectivity index (χ1) is 11.5. The van der Waals surface area contributed by atoms with Crippen LogP contribution in [0.2, 0.25) is 0 Å². The van der Waals surface area contributed by atoms with Gasteiger partial charge in [0.1, 0.15) is 5.69 Å². The van der Waals surface area contributed by atoms with Crippen LogP contribution in [0.3, 0.4) is 0 Å². The molecular weight excluding hydrogens is 302 g/mol. The summed E-state index contributed by atoms with van der Waals surface area (Å²) in [6, 6.07) is 7.45. The second-order valence-corrected chi connectivity index (χ2v) is 6.05. The fourth-order valence-electron chi connectivity index (χ4n) is 2.24. The lowest BCUT2D eigenvalue weighted by Gasteiger charge is -2.11. The molecule has 6 heteroatoms. The molecule has 1 heterocycles. The highest BCUT2D eigenvalue weighted by Gasteiger charge is 2.11. The van der Waals surface area contributed by atoms with Crippen molar-refractivity contribution in [3.05, 3.63) is 47.3 Å². The van der Waals surface area contributed by atoms with Gasteiger partial charge in [-0.2, -0.15) is 0 Å². The molecule has 0 bridgehead atoms. The minimum atomic E-state index is -0.234. The number of anilines is 2. The summed E-state index contributed by atoms with van der Waals surface area (Å²) in [5, 5.41) is 6.06. The van der Waals surface area contributed by atoms with Crippen LogP contribution in [0.15, 0.2) is 30.5 Å². The van der Waals surface area contributed by atoms with Crippen molar-refractivity contribution in [2.75, 3.05) is 37.8 Å². The SMILES string of the molecule is Cc1cccc(NC(=O)c2ccnc(NCCCN(C)C)n2)c1C. The molecule has 0 fully saturated rings. The molecule has 0 atom stereocenters. The third-order valence-electron chi connectivity index (χ3n) is 3.81. The number of hydrogen-bond donors (Lipinski definition) is 2. The zero-order chi connectivity index (χ0) is 17.5. The molecule has 2 aromatic rings.